The van der Waals surface area contributed by atoms with Crippen LogP contribution in [0, 0.1) is 23.1 Å². The van der Waals surface area contributed by atoms with Gasteiger partial charge < -0.3 is 15.4 Å². The van der Waals surface area contributed by atoms with Crippen LogP contribution in [0.1, 0.15) is 30.4 Å². The second kappa shape index (κ2) is 9.11. The molecule has 6 heteroatoms. The number of benzene rings is 1. The van der Waals surface area contributed by atoms with Crippen LogP contribution in [0.2, 0.25) is 0 Å². The molecule has 0 aromatic heterocycles. The Hall–Kier alpha value is -2.13. The second-order valence-electron chi connectivity index (χ2n) is 5.64. The van der Waals surface area contributed by atoms with E-state index in [2.05, 4.69) is 15.6 Å². The van der Waals surface area contributed by atoms with Crippen LogP contribution in [-0.2, 0) is 11.3 Å². The Morgan fingerprint density at radius 3 is 2.91 bits per heavy atom. The monoisotopic (exact) mass is 318 g/mol. The summed E-state index contributed by atoms with van der Waals surface area (Å²) in [6.07, 6.45) is 3.51. The second-order valence-corrected chi connectivity index (χ2v) is 5.64. The van der Waals surface area contributed by atoms with Crippen molar-refractivity contribution in [3.63, 3.8) is 0 Å². The summed E-state index contributed by atoms with van der Waals surface area (Å²) in [7, 11) is 1.67. The zero-order valence-corrected chi connectivity index (χ0v) is 13.4. The van der Waals surface area contributed by atoms with Crippen molar-refractivity contribution >= 4 is 5.96 Å². The molecule has 0 bridgehead atoms. The number of guanidine groups is 1. The van der Waals surface area contributed by atoms with E-state index in [1.54, 1.807) is 19.2 Å². The molecule has 1 aliphatic carbocycles. The average molecular weight is 318 g/mol. The van der Waals surface area contributed by atoms with Gasteiger partial charge in [0.25, 0.3) is 0 Å². The number of aliphatic imine (C=N–C) groups is 1. The highest BCUT2D eigenvalue weighted by Gasteiger charge is 2.20. The van der Waals surface area contributed by atoms with Gasteiger partial charge in [0.15, 0.2) is 5.96 Å². The van der Waals surface area contributed by atoms with Crippen molar-refractivity contribution in [1.82, 2.24) is 10.6 Å². The minimum absolute atomic E-state index is 0.315. The zero-order valence-electron chi connectivity index (χ0n) is 13.4. The van der Waals surface area contributed by atoms with Gasteiger partial charge >= 0.3 is 0 Å². The summed E-state index contributed by atoms with van der Waals surface area (Å²) >= 11 is 0. The van der Waals surface area contributed by atoms with Gasteiger partial charge in [-0.25, -0.2) is 4.39 Å². The number of nitriles is 1. The lowest BCUT2D eigenvalue weighted by molar-refractivity contribution is 0.123. The molecule has 2 rings (SSSR count). The zero-order chi connectivity index (χ0) is 16.5. The summed E-state index contributed by atoms with van der Waals surface area (Å²) in [4.78, 5) is 4.10. The fourth-order valence-electron chi connectivity index (χ4n) is 2.08. The lowest BCUT2D eigenvalue weighted by atomic mass is 10.1. The smallest absolute Gasteiger partial charge is 0.191 e. The fraction of sp³-hybridized carbons (Fsp3) is 0.529. The Balaban J connectivity index is 1.65. The third-order valence-electron chi connectivity index (χ3n) is 3.66. The van der Waals surface area contributed by atoms with E-state index < -0.39 is 0 Å². The summed E-state index contributed by atoms with van der Waals surface area (Å²) in [5.74, 6) is 1.02. The maximum absolute atomic E-state index is 13.8. The molecule has 124 valence electrons. The van der Waals surface area contributed by atoms with Gasteiger partial charge in [-0.1, -0.05) is 6.07 Å². The van der Waals surface area contributed by atoms with Crippen molar-refractivity contribution in [3.8, 4) is 6.07 Å². The third kappa shape index (κ3) is 6.25. The van der Waals surface area contributed by atoms with Crippen LogP contribution in [0.3, 0.4) is 0 Å². The van der Waals surface area contributed by atoms with Crippen LogP contribution >= 0.6 is 0 Å². The standard InChI is InChI=1S/C17H23FN4O/c1-20-17(21-7-2-8-23-12-13-3-4-13)22-11-15-6-5-14(10-19)9-16(15)18/h5-6,9,13H,2-4,7-8,11-12H2,1H3,(H2,20,21,22). The Bertz CT molecular complexity index is 578. The molecule has 23 heavy (non-hydrogen) atoms. The number of halogens is 1. The summed E-state index contributed by atoms with van der Waals surface area (Å²) in [5, 5.41) is 15.0. The van der Waals surface area contributed by atoms with Crippen LogP contribution in [-0.4, -0.2) is 32.8 Å². The van der Waals surface area contributed by atoms with Gasteiger partial charge in [-0.05, 0) is 37.3 Å². The predicted octanol–water partition coefficient (Wildman–Crippen LogP) is 2.18. The highest BCUT2D eigenvalue weighted by Crippen LogP contribution is 2.28. The molecule has 0 heterocycles. The molecule has 0 aliphatic heterocycles. The highest BCUT2D eigenvalue weighted by molar-refractivity contribution is 5.79. The largest absolute Gasteiger partial charge is 0.381 e. The maximum Gasteiger partial charge on any atom is 0.191 e. The Morgan fingerprint density at radius 1 is 1.43 bits per heavy atom. The van der Waals surface area contributed by atoms with E-state index in [-0.39, 0.29) is 5.82 Å². The molecule has 1 aromatic rings. The van der Waals surface area contributed by atoms with E-state index in [1.807, 2.05) is 6.07 Å². The first-order valence-electron chi connectivity index (χ1n) is 7.93. The van der Waals surface area contributed by atoms with E-state index in [1.165, 1.54) is 18.9 Å². The van der Waals surface area contributed by atoms with Crippen molar-refractivity contribution in [2.45, 2.75) is 25.8 Å². The van der Waals surface area contributed by atoms with Crippen LogP contribution < -0.4 is 10.6 Å². The first-order chi connectivity index (χ1) is 11.2. The molecule has 0 amide bonds. The molecular weight excluding hydrogens is 295 g/mol. The van der Waals surface area contributed by atoms with Crippen LogP contribution in [0.4, 0.5) is 4.39 Å². The lowest BCUT2D eigenvalue weighted by Gasteiger charge is -2.12. The molecule has 0 radical (unpaired) electrons. The molecule has 1 aliphatic rings. The molecule has 0 saturated heterocycles. The topological polar surface area (TPSA) is 69.4 Å². The Kier molecular flexibility index (Phi) is 6.82. The van der Waals surface area contributed by atoms with Crippen LogP contribution in [0.25, 0.3) is 0 Å². The van der Waals surface area contributed by atoms with Crippen molar-refractivity contribution in [2.24, 2.45) is 10.9 Å². The molecule has 0 spiro atoms. The minimum Gasteiger partial charge on any atom is -0.381 e. The normalized spacial score (nSPS) is 14.4. The van der Waals surface area contributed by atoms with Crippen molar-refractivity contribution in [2.75, 3.05) is 26.8 Å². The number of hydrogen-bond donors (Lipinski definition) is 2. The van der Waals surface area contributed by atoms with Gasteiger partial charge in [0.1, 0.15) is 5.82 Å². The first-order valence-corrected chi connectivity index (χ1v) is 7.93. The van der Waals surface area contributed by atoms with Gasteiger partial charge in [0, 0.05) is 38.9 Å². The summed E-state index contributed by atoms with van der Waals surface area (Å²) in [5.41, 5.74) is 0.819. The average Bonchev–Trinajstić information content (AvgIpc) is 3.38. The molecule has 0 unspecified atom stereocenters. The lowest BCUT2D eigenvalue weighted by Crippen LogP contribution is -2.37. The molecule has 5 nitrogen and oxygen atoms in total. The van der Waals surface area contributed by atoms with Gasteiger partial charge in [0.05, 0.1) is 11.6 Å². The maximum atomic E-state index is 13.8. The summed E-state index contributed by atoms with van der Waals surface area (Å²) in [6.45, 7) is 2.69. The predicted molar refractivity (Wildman–Crippen MR) is 87.5 cm³/mol. The van der Waals surface area contributed by atoms with Crippen LogP contribution in [0.15, 0.2) is 23.2 Å². The third-order valence-corrected chi connectivity index (χ3v) is 3.66. The quantitative estimate of drug-likeness (QED) is 0.438. The number of nitrogens with zero attached hydrogens (tertiary/aromatic N) is 2. The highest BCUT2D eigenvalue weighted by atomic mass is 19.1. The van der Waals surface area contributed by atoms with Gasteiger partial charge in [-0.15, -0.1) is 0 Å². The number of ether oxygens (including phenoxy) is 1. The molecule has 1 fully saturated rings. The van der Waals surface area contributed by atoms with Crippen molar-refractivity contribution < 1.29 is 9.13 Å². The van der Waals surface area contributed by atoms with Gasteiger partial charge in [-0.3, -0.25) is 4.99 Å². The number of rotatable bonds is 8. The Morgan fingerprint density at radius 2 is 2.26 bits per heavy atom. The minimum atomic E-state index is -0.388. The van der Waals surface area contributed by atoms with E-state index in [4.69, 9.17) is 10.00 Å². The number of nitrogens with one attached hydrogen (secondary N) is 2. The first kappa shape index (κ1) is 17.2. The molecule has 1 aromatic carbocycles. The Labute approximate surface area is 136 Å². The van der Waals surface area contributed by atoms with Gasteiger partial charge in [0.2, 0.25) is 0 Å². The van der Waals surface area contributed by atoms with Crippen molar-refractivity contribution in [3.05, 3.63) is 35.1 Å². The molecule has 1 saturated carbocycles. The van der Waals surface area contributed by atoms with Crippen molar-refractivity contribution in [1.29, 1.82) is 5.26 Å². The molecule has 2 N–H and O–H groups in total. The molecule has 0 atom stereocenters. The summed E-state index contributed by atoms with van der Waals surface area (Å²) in [6, 6.07) is 6.37. The van der Waals surface area contributed by atoms with Crippen LogP contribution in [0.5, 0.6) is 0 Å². The van der Waals surface area contributed by atoms with E-state index in [0.29, 0.717) is 23.6 Å². The number of hydrogen-bond acceptors (Lipinski definition) is 3. The van der Waals surface area contributed by atoms with E-state index >= 15 is 0 Å². The van der Waals surface area contributed by atoms with Gasteiger partial charge in [-0.2, -0.15) is 5.26 Å². The van der Waals surface area contributed by atoms with E-state index in [9.17, 15) is 4.39 Å². The fourth-order valence-corrected chi connectivity index (χ4v) is 2.08. The SMILES string of the molecule is CN=C(NCCCOCC1CC1)NCc1ccc(C#N)cc1F. The molecular formula is C17H23FN4O. The van der Waals surface area contributed by atoms with E-state index in [0.717, 1.165) is 32.1 Å². The summed E-state index contributed by atoms with van der Waals surface area (Å²) < 4.78 is 19.3.